The highest BCUT2D eigenvalue weighted by atomic mass is 31.2. The Hall–Kier alpha value is -1.02. The van der Waals surface area contributed by atoms with Gasteiger partial charge < -0.3 is 30.2 Å². The van der Waals surface area contributed by atoms with Crippen LogP contribution in [0.15, 0.2) is 24.3 Å². The molecule has 4 fully saturated rings. The molecule has 4 aliphatic carbocycles. The molecule has 0 aromatic rings. The van der Waals surface area contributed by atoms with Gasteiger partial charge in [-0.15, -0.1) is 0 Å². The standard InChI is InChI=1S/C62H113O8P/c1-7-10-12-14-16-18-20-22-24-26-28-30-32-34-36-38-40-55-61(67,9-3)48-50-46-54(63)58-52-43-42-51(49(4)41-44-57(65)66)59(52,5)56(64)47-53(58)60(50,6)62(55,71(68,69)70)45-39-37-35-33-31-29-27-25-23-21-19-17-15-13-11-8-2/h22-25,49-56,58,63-64,67H,7-21,26-48H2,1-6H3,(H,65,66)(H2,68,69,70)/b24-22-,25-23-/t49-,50-,51-,52+,53+,54-,55?,56+,58+,59-,60+,61+,62?/m1/s1. The van der Waals surface area contributed by atoms with Crippen molar-refractivity contribution < 1.29 is 39.6 Å². The molecule has 0 heterocycles. The van der Waals surface area contributed by atoms with Gasteiger partial charge in [0.25, 0.3) is 0 Å². The van der Waals surface area contributed by atoms with Gasteiger partial charge >= 0.3 is 13.6 Å². The number of hydrogen-bond donors (Lipinski definition) is 6. The summed E-state index contributed by atoms with van der Waals surface area (Å²) in [5.74, 6) is -2.11. The molecular weight excluding hydrogens is 904 g/mol. The Morgan fingerprint density at radius 3 is 1.58 bits per heavy atom. The number of aliphatic carboxylic acids is 1. The van der Waals surface area contributed by atoms with Crippen LogP contribution >= 0.6 is 7.60 Å². The van der Waals surface area contributed by atoms with Crippen molar-refractivity contribution >= 4 is 13.6 Å². The van der Waals surface area contributed by atoms with E-state index in [2.05, 4.69) is 58.9 Å². The first-order valence-electron chi connectivity index (χ1n) is 30.7. The van der Waals surface area contributed by atoms with Crippen molar-refractivity contribution in [3.63, 3.8) is 0 Å². The second-order valence-corrected chi connectivity index (χ2v) is 26.8. The first kappa shape index (κ1) is 62.5. The quantitative estimate of drug-likeness (QED) is 0.0203. The third kappa shape index (κ3) is 16.3. The summed E-state index contributed by atoms with van der Waals surface area (Å²) in [6, 6.07) is 0. The summed E-state index contributed by atoms with van der Waals surface area (Å²) in [6.07, 6.45) is 45.7. The lowest BCUT2D eigenvalue weighted by Gasteiger charge is -2.72. The van der Waals surface area contributed by atoms with Crippen molar-refractivity contribution in [3.05, 3.63) is 24.3 Å². The van der Waals surface area contributed by atoms with Crippen LogP contribution in [0.3, 0.4) is 0 Å². The molecule has 13 atom stereocenters. The normalized spacial score (nSPS) is 33.4. The average Bonchev–Trinajstić information content (AvgIpc) is 3.69. The van der Waals surface area contributed by atoms with Crippen molar-refractivity contribution in [2.45, 2.75) is 308 Å². The predicted octanol–water partition coefficient (Wildman–Crippen LogP) is 16.8. The molecular formula is C62H113O8P. The molecule has 71 heavy (non-hydrogen) atoms. The lowest BCUT2D eigenvalue weighted by atomic mass is 9.37. The molecule has 8 nitrogen and oxygen atoms in total. The maximum Gasteiger partial charge on any atom is 0.332 e. The molecule has 2 unspecified atom stereocenters. The molecule has 0 saturated heterocycles. The fourth-order valence-corrected chi connectivity index (χ4v) is 18.7. The second-order valence-electron chi connectivity index (χ2n) is 24.9. The smallest absolute Gasteiger partial charge is 0.332 e. The monoisotopic (exact) mass is 1020 g/mol. The van der Waals surface area contributed by atoms with E-state index in [0.29, 0.717) is 51.4 Å². The van der Waals surface area contributed by atoms with Crippen LogP contribution in [0.5, 0.6) is 0 Å². The molecule has 0 amide bonds. The maximum atomic E-state index is 15.1. The molecule has 4 aliphatic rings. The Kier molecular flexibility index (Phi) is 27.5. The second kappa shape index (κ2) is 31.3. The van der Waals surface area contributed by atoms with E-state index in [1.807, 2.05) is 6.92 Å². The number of fused-ring (bicyclic) bond motifs is 5. The van der Waals surface area contributed by atoms with Gasteiger partial charge in [0.05, 0.1) is 23.0 Å². The Labute approximate surface area is 436 Å². The SMILES string of the molecule is CCCCCCCC/C=C\CCCCCCCCC1C(CCCCCCCC/C=C\CCCCCCCC)(P(=O)(O)O)[C@@]2(C)[C@H](C[C@@H](O)[C@H]3[C@@H]4CC[C@H]([C@H](C)CCC(=O)O)[C@@]4(C)[C@@H](O)C[C@@H]32)C[C@@]1(O)CC. The summed E-state index contributed by atoms with van der Waals surface area (Å²) < 4.78 is 15.1. The zero-order valence-corrected chi connectivity index (χ0v) is 47.7. The minimum Gasteiger partial charge on any atom is -0.481 e. The van der Waals surface area contributed by atoms with Crippen LogP contribution in [0.25, 0.3) is 0 Å². The Morgan fingerprint density at radius 1 is 0.648 bits per heavy atom. The first-order chi connectivity index (χ1) is 34.0. The highest BCUT2D eigenvalue weighted by Crippen LogP contribution is 2.79. The van der Waals surface area contributed by atoms with E-state index in [1.54, 1.807) is 0 Å². The molecule has 414 valence electrons. The minimum absolute atomic E-state index is 0.0394. The molecule has 4 saturated carbocycles. The highest BCUT2D eigenvalue weighted by molar-refractivity contribution is 7.53. The number of aliphatic hydroxyl groups excluding tert-OH is 2. The van der Waals surface area contributed by atoms with Gasteiger partial charge in [0.2, 0.25) is 0 Å². The summed E-state index contributed by atoms with van der Waals surface area (Å²) in [5.41, 5.74) is -2.72. The zero-order chi connectivity index (χ0) is 52.0. The van der Waals surface area contributed by atoms with Crippen molar-refractivity contribution in [2.24, 2.45) is 52.3 Å². The molecule has 9 heteroatoms. The van der Waals surface area contributed by atoms with Gasteiger partial charge in [-0.25, -0.2) is 0 Å². The van der Waals surface area contributed by atoms with Gasteiger partial charge in [-0.05, 0) is 155 Å². The highest BCUT2D eigenvalue weighted by Gasteiger charge is 2.77. The summed E-state index contributed by atoms with van der Waals surface area (Å²) >= 11 is 0. The van der Waals surface area contributed by atoms with E-state index in [9.17, 15) is 35.0 Å². The van der Waals surface area contributed by atoms with Crippen molar-refractivity contribution in [1.82, 2.24) is 0 Å². The summed E-state index contributed by atoms with van der Waals surface area (Å²) in [7, 11) is -4.94. The summed E-state index contributed by atoms with van der Waals surface area (Å²) in [5, 5.41) is 46.1. The molecule has 0 aliphatic heterocycles. The third-order valence-electron chi connectivity index (χ3n) is 20.6. The number of carbonyl (C=O) groups is 1. The van der Waals surface area contributed by atoms with E-state index in [-0.39, 0.29) is 41.9 Å². The first-order valence-corrected chi connectivity index (χ1v) is 32.3. The number of carboxylic acids is 1. The zero-order valence-electron chi connectivity index (χ0n) is 46.8. The predicted molar refractivity (Wildman–Crippen MR) is 296 cm³/mol. The van der Waals surface area contributed by atoms with Crippen LogP contribution in [0.1, 0.15) is 286 Å². The lowest BCUT2D eigenvalue weighted by molar-refractivity contribution is -0.246. The number of hydrogen-bond acceptors (Lipinski definition) is 5. The molecule has 0 aromatic heterocycles. The van der Waals surface area contributed by atoms with Crippen LogP contribution in [0.2, 0.25) is 0 Å². The number of carboxylic acid groups (broad SMARTS) is 1. The van der Waals surface area contributed by atoms with Gasteiger partial charge in [-0.1, -0.05) is 194 Å². The number of allylic oxidation sites excluding steroid dienone is 4. The summed E-state index contributed by atoms with van der Waals surface area (Å²) in [4.78, 5) is 36.3. The van der Waals surface area contributed by atoms with Crippen molar-refractivity contribution in [2.75, 3.05) is 0 Å². The van der Waals surface area contributed by atoms with Crippen LogP contribution < -0.4 is 0 Å². The van der Waals surface area contributed by atoms with E-state index in [0.717, 1.165) is 83.5 Å². The molecule has 0 bridgehead atoms. The lowest BCUT2D eigenvalue weighted by Crippen LogP contribution is -2.73. The Bertz CT molecular complexity index is 1590. The van der Waals surface area contributed by atoms with Crippen LogP contribution in [-0.4, -0.2) is 59.1 Å². The Balaban J connectivity index is 1.50. The fraction of sp³-hybridized carbons (Fsp3) is 0.919. The van der Waals surface area contributed by atoms with Crippen molar-refractivity contribution in [1.29, 1.82) is 0 Å². The fourth-order valence-electron chi connectivity index (χ4n) is 16.5. The van der Waals surface area contributed by atoms with Crippen LogP contribution in [0, 0.1) is 52.3 Å². The number of aliphatic hydroxyl groups is 3. The van der Waals surface area contributed by atoms with Gasteiger partial charge in [0, 0.05) is 12.3 Å². The third-order valence-corrected chi connectivity index (χ3v) is 22.6. The molecule has 0 aromatic carbocycles. The summed E-state index contributed by atoms with van der Waals surface area (Å²) in [6.45, 7) is 13.0. The van der Waals surface area contributed by atoms with Crippen molar-refractivity contribution in [3.8, 4) is 0 Å². The number of rotatable bonds is 38. The maximum absolute atomic E-state index is 15.1. The molecule has 4 rings (SSSR count). The van der Waals surface area contributed by atoms with E-state index in [1.165, 1.54) is 103 Å². The van der Waals surface area contributed by atoms with E-state index >= 15 is 4.57 Å². The minimum atomic E-state index is -4.94. The largest absolute Gasteiger partial charge is 0.481 e. The van der Waals surface area contributed by atoms with Gasteiger partial charge in [0.1, 0.15) is 0 Å². The molecule has 0 radical (unpaired) electrons. The number of unbranched alkanes of at least 4 members (excludes halogenated alkanes) is 24. The van der Waals surface area contributed by atoms with Crippen LogP contribution in [0.4, 0.5) is 0 Å². The molecule has 6 N–H and O–H groups in total. The van der Waals surface area contributed by atoms with E-state index in [4.69, 9.17) is 0 Å². The average molecular weight is 1020 g/mol. The van der Waals surface area contributed by atoms with Gasteiger partial charge in [0.15, 0.2) is 0 Å². The van der Waals surface area contributed by atoms with Crippen LogP contribution in [-0.2, 0) is 9.36 Å². The van der Waals surface area contributed by atoms with E-state index < -0.39 is 53.3 Å². The molecule has 0 spiro atoms. The Morgan fingerprint density at radius 2 is 1.11 bits per heavy atom. The van der Waals surface area contributed by atoms with Gasteiger partial charge in [-0.2, -0.15) is 0 Å². The topological polar surface area (TPSA) is 156 Å². The van der Waals surface area contributed by atoms with Gasteiger partial charge in [-0.3, -0.25) is 9.36 Å².